The smallest absolute Gasteiger partial charge is 0.365 e. The van der Waals surface area contributed by atoms with Crippen LogP contribution in [0.15, 0.2) is 23.4 Å². The first kappa shape index (κ1) is 35.9. The third-order valence-corrected chi connectivity index (χ3v) is 9.16. The summed E-state index contributed by atoms with van der Waals surface area (Å²) in [5.74, 6) is -7.09. The number of hydrogen-bond donors (Lipinski definition) is 2. The van der Waals surface area contributed by atoms with E-state index < -0.39 is 42.3 Å². The van der Waals surface area contributed by atoms with Crippen molar-refractivity contribution in [1.82, 2.24) is 19.9 Å². The zero-order valence-electron chi connectivity index (χ0n) is 27.2. The summed E-state index contributed by atoms with van der Waals surface area (Å²) in [6, 6.07) is 3.07. The molecule has 2 saturated carbocycles. The number of nitrogens with two attached hydrogens (primary N) is 1. The second kappa shape index (κ2) is 12.8. The van der Waals surface area contributed by atoms with E-state index in [0.29, 0.717) is 30.3 Å². The number of oxime groups is 1. The summed E-state index contributed by atoms with van der Waals surface area (Å²) in [6.45, 7) is 8.85. The Kier molecular flexibility index (Phi) is 9.40. The van der Waals surface area contributed by atoms with Crippen LogP contribution < -0.4 is 11.1 Å². The molecule has 3 N–H and O–H groups in total. The van der Waals surface area contributed by atoms with Crippen LogP contribution in [0.2, 0.25) is 0 Å². The van der Waals surface area contributed by atoms with Gasteiger partial charge >= 0.3 is 24.3 Å². The summed E-state index contributed by atoms with van der Waals surface area (Å²) in [7, 11) is 0. The van der Waals surface area contributed by atoms with Crippen LogP contribution in [0.1, 0.15) is 81.9 Å². The topological polar surface area (TPSA) is 152 Å². The Hall–Kier alpha value is -4.38. The molecule has 2 unspecified atom stereocenters. The number of nitrogens with zero attached hydrogens (tertiary/aromatic N) is 5. The number of carbonyl (C=O) groups excluding carboxylic acids is 3. The normalized spacial score (nSPS) is 25.6. The molecule has 1 aliphatic heterocycles. The lowest BCUT2D eigenvalue weighted by Crippen LogP contribution is -2.55. The minimum atomic E-state index is -5.52. The van der Waals surface area contributed by atoms with E-state index in [4.69, 9.17) is 5.73 Å². The molecular weight excluding hydrogens is 664 g/mol. The molecule has 0 spiro atoms. The lowest BCUT2D eigenvalue weighted by atomic mass is 9.65. The first-order valence-corrected chi connectivity index (χ1v) is 15.7. The van der Waals surface area contributed by atoms with Gasteiger partial charge in [-0.1, -0.05) is 45.2 Å². The zero-order valence-corrected chi connectivity index (χ0v) is 27.2. The first-order valence-electron chi connectivity index (χ1n) is 15.7. The van der Waals surface area contributed by atoms with Gasteiger partial charge in [-0.2, -0.15) is 31.4 Å². The van der Waals surface area contributed by atoms with Gasteiger partial charge in [0.05, 0.1) is 17.6 Å². The van der Waals surface area contributed by atoms with Gasteiger partial charge in [0.25, 0.3) is 11.9 Å². The predicted molar refractivity (Wildman–Crippen MR) is 162 cm³/mol. The molecular formula is C31H37F6N7O5. The minimum Gasteiger partial charge on any atom is -0.365 e. The third-order valence-electron chi connectivity index (χ3n) is 9.16. The Bertz CT molecular complexity index is 1670. The van der Waals surface area contributed by atoms with Crippen LogP contribution in [-0.4, -0.2) is 80.8 Å². The molecule has 0 radical (unpaired) electrons. The number of fused-ring (bicyclic) bond motifs is 3. The van der Waals surface area contributed by atoms with E-state index in [9.17, 15) is 40.7 Å². The molecule has 2 heterocycles. The molecule has 18 heteroatoms. The van der Waals surface area contributed by atoms with Crippen molar-refractivity contribution in [3.8, 4) is 0 Å². The van der Waals surface area contributed by atoms with Crippen molar-refractivity contribution in [1.29, 1.82) is 0 Å². The molecule has 1 saturated heterocycles. The molecule has 12 nitrogen and oxygen atoms in total. The summed E-state index contributed by atoms with van der Waals surface area (Å²) in [4.78, 5) is 56.4. The number of halogens is 6. The van der Waals surface area contributed by atoms with Gasteiger partial charge in [-0.05, 0) is 67.1 Å². The Labute approximate surface area is 277 Å². The Morgan fingerprint density at radius 1 is 1.02 bits per heavy atom. The highest BCUT2D eigenvalue weighted by Gasteiger charge is 2.52. The van der Waals surface area contributed by atoms with E-state index in [0.717, 1.165) is 24.8 Å². The lowest BCUT2D eigenvalue weighted by molar-refractivity contribution is -0.232. The molecule has 2 aromatic rings. The van der Waals surface area contributed by atoms with Crippen LogP contribution in [0, 0.1) is 17.8 Å². The van der Waals surface area contributed by atoms with Gasteiger partial charge in [0.15, 0.2) is 0 Å². The number of likely N-dealkylation sites (tertiary alicyclic amines) is 1. The zero-order chi connectivity index (χ0) is 36.1. The second-order valence-corrected chi connectivity index (χ2v) is 14.2. The van der Waals surface area contributed by atoms with Crippen LogP contribution in [-0.2, 0) is 19.3 Å². The van der Waals surface area contributed by atoms with E-state index in [1.54, 1.807) is 23.1 Å². The van der Waals surface area contributed by atoms with Crippen LogP contribution >= 0.6 is 0 Å². The molecule has 1 aromatic carbocycles. The SMILES string of the molecule is Cc1ccc2nc(C(=O)N3C[C@]4(C)C[C@H]3CC(C)(C)C4)nc(NC3CCCCC3N(OC(=O)C(F)(F)F)/C(N)=N/OC(=O)C(F)(F)F)c2c1. The van der Waals surface area contributed by atoms with Gasteiger partial charge in [0.1, 0.15) is 5.82 Å². The number of nitrogens with one attached hydrogen (secondary N) is 1. The van der Waals surface area contributed by atoms with E-state index in [-0.39, 0.29) is 52.3 Å². The molecule has 49 heavy (non-hydrogen) atoms. The number of carbonyl (C=O) groups is 3. The quantitative estimate of drug-likeness (QED) is 0.137. The molecule has 2 aliphatic carbocycles. The largest absolute Gasteiger partial charge is 0.493 e. The van der Waals surface area contributed by atoms with Gasteiger partial charge in [-0.15, -0.1) is 0 Å². The molecule has 1 aromatic heterocycles. The molecule has 4 atom stereocenters. The fourth-order valence-electron chi connectivity index (χ4n) is 7.62. The number of hydrogen-bond acceptors (Lipinski definition) is 9. The van der Waals surface area contributed by atoms with Crippen molar-refractivity contribution >= 4 is 40.5 Å². The number of benzene rings is 1. The van der Waals surface area contributed by atoms with Gasteiger partial charge in [-0.25, -0.2) is 19.6 Å². The third kappa shape index (κ3) is 7.93. The van der Waals surface area contributed by atoms with Crippen LogP contribution in [0.3, 0.4) is 0 Å². The standard InChI is InChI=1S/C31H37F6N7O5/c1-16-9-10-19-18(11-16)22(41-23(39-19)24(45)43-15-29(4)13-17(43)12-28(2,3)14-29)40-20-7-5-6-8-21(20)44(49-26(47)31(35,36)37)27(38)42-48-25(46)30(32,33)34/h9-11,17,20-21H,5-8,12-15H2,1-4H3,(H2,38,42)(H,39,40,41)/t17-,20?,21?,29-/m1/s1. The lowest BCUT2D eigenvalue weighted by Gasteiger charge is -2.39. The summed E-state index contributed by atoms with van der Waals surface area (Å²) < 4.78 is 78.0. The summed E-state index contributed by atoms with van der Waals surface area (Å²) in [5.41, 5.74) is 6.87. The number of hydroxylamine groups is 2. The average molecular weight is 702 g/mol. The second-order valence-electron chi connectivity index (χ2n) is 14.2. The number of guanidine groups is 1. The van der Waals surface area contributed by atoms with Crippen molar-refractivity contribution in [3.05, 3.63) is 29.6 Å². The summed E-state index contributed by atoms with van der Waals surface area (Å²) in [6.07, 6.45) is -7.23. The fraction of sp³-hybridized carbons (Fsp3) is 0.613. The number of rotatable bonds is 5. The summed E-state index contributed by atoms with van der Waals surface area (Å²) in [5, 5.41) is 6.65. The maximum Gasteiger partial charge on any atom is 0.493 e. The molecule has 1 amide bonds. The van der Waals surface area contributed by atoms with Gasteiger partial charge in [-0.3, -0.25) is 4.79 Å². The molecule has 3 aliphatic rings. The van der Waals surface area contributed by atoms with E-state index in [1.165, 1.54) is 0 Å². The number of anilines is 1. The Balaban J connectivity index is 1.50. The van der Waals surface area contributed by atoms with Crippen molar-refractivity contribution in [3.63, 3.8) is 0 Å². The van der Waals surface area contributed by atoms with Crippen molar-refractivity contribution in [2.45, 2.75) is 103 Å². The molecule has 5 rings (SSSR count). The highest BCUT2D eigenvalue weighted by atomic mass is 19.4. The predicted octanol–water partition coefficient (Wildman–Crippen LogP) is 5.36. The van der Waals surface area contributed by atoms with E-state index in [2.05, 4.69) is 50.9 Å². The Morgan fingerprint density at radius 3 is 2.37 bits per heavy atom. The van der Waals surface area contributed by atoms with E-state index in [1.807, 2.05) is 6.92 Å². The molecule has 268 valence electrons. The van der Waals surface area contributed by atoms with Crippen molar-refractivity contribution in [2.24, 2.45) is 21.7 Å². The van der Waals surface area contributed by atoms with Gasteiger partial charge < -0.3 is 25.6 Å². The maximum absolute atomic E-state index is 14.0. The number of alkyl halides is 6. The number of aromatic nitrogens is 2. The van der Waals surface area contributed by atoms with Gasteiger partial charge in [0, 0.05) is 18.0 Å². The highest BCUT2D eigenvalue weighted by Crippen LogP contribution is 2.52. The molecule has 2 bridgehead atoms. The highest BCUT2D eigenvalue weighted by molar-refractivity contribution is 5.97. The van der Waals surface area contributed by atoms with Crippen molar-refractivity contribution in [2.75, 3.05) is 11.9 Å². The number of aryl methyl sites for hydroxylation is 1. The number of amides is 1. The van der Waals surface area contributed by atoms with Gasteiger partial charge in [0.2, 0.25) is 5.82 Å². The van der Waals surface area contributed by atoms with Crippen LogP contribution in [0.4, 0.5) is 32.2 Å². The Morgan fingerprint density at radius 2 is 1.69 bits per heavy atom. The van der Waals surface area contributed by atoms with E-state index >= 15 is 0 Å². The fourth-order valence-corrected chi connectivity index (χ4v) is 7.62. The van der Waals surface area contributed by atoms with Crippen LogP contribution in [0.25, 0.3) is 10.9 Å². The van der Waals surface area contributed by atoms with Crippen molar-refractivity contribution < 1.29 is 50.4 Å². The maximum atomic E-state index is 14.0. The van der Waals surface area contributed by atoms with Crippen LogP contribution in [0.5, 0.6) is 0 Å². The monoisotopic (exact) mass is 701 g/mol. The average Bonchev–Trinajstić information content (AvgIpc) is 3.25. The minimum absolute atomic E-state index is 0.0108. The molecule has 3 fully saturated rings. The summed E-state index contributed by atoms with van der Waals surface area (Å²) >= 11 is 0. The first-order chi connectivity index (χ1) is 22.7.